The number of benzene rings is 2. The molecule has 134 valence electrons. The lowest BCUT2D eigenvalue weighted by Gasteiger charge is -2.22. The highest BCUT2D eigenvalue weighted by Gasteiger charge is 2.13. The second-order valence-electron chi connectivity index (χ2n) is 6.57. The molecule has 3 heteroatoms. The van der Waals surface area contributed by atoms with Crippen molar-refractivity contribution >= 4 is 0 Å². The van der Waals surface area contributed by atoms with Gasteiger partial charge in [-0.05, 0) is 48.8 Å². The lowest BCUT2D eigenvalue weighted by atomic mass is 10.1. The molecule has 3 nitrogen and oxygen atoms in total. The summed E-state index contributed by atoms with van der Waals surface area (Å²) < 4.78 is 17.2. The summed E-state index contributed by atoms with van der Waals surface area (Å²) >= 11 is 0. The SMILES string of the molecule is c1ccc(CCCOCc2ccc(COC3CCCCO3)cc2)cc1. The first kappa shape index (κ1) is 18.1. The molecule has 1 saturated heterocycles. The van der Waals surface area contributed by atoms with Crippen LogP contribution in [-0.2, 0) is 33.8 Å². The molecule has 1 aliphatic heterocycles. The maximum absolute atomic E-state index is 5.81. The number of ether oxygens (including phenoxy) is 3. The molecule has 2 aromatic rings. The van der Waals surface area contributed by atoms with Crippen LogP contribution in [0, 0.1) is 0 Å². The van der Waals surface area contributed by atoms with Gasteiger partial charge in [0.2, 0.25) is 0 Å². The molecule has 1 aliphatic rings. The van der Waals surface area contributed by atoms with Crippen LogP contribution in [-0.4, -0.2) is 19.5 Å². The average Bonchev–Trinajstić information content (AvgIpc) is 2.69. The van der Waals surface area contributed by atoms with Crippen LogP contribution in [0.5, 0.6) is 0 Å². The Labute approximate surface area is 150 Å². The zero-order chi connectivity index (χ0) is 17.2. The Morgan fingerprint density at radius 1 is 0.840 bits per heavy atom. The van der Waals surface area contributed by atoms with Crippen molar-refractivity contribution in [2.75, 3.05) is 13.2 Å². The van der Waals surface area contributed by atoms with Crippen molar-refractivity contribution in [1.82, 2.24) is 0 Å². The van der Waals surface area contributed by atoms with Gasteiger partial charge < -0.3 is 14.2 Å². The zero-order valence-electron chi connectivity index (χ0n) is 14.9. The topological polar surface area (TPSA) is 27.7 Å². The predicted octanol–water partition coefficient (Wildman–Crippen LogP) is 4.88. The van der Waals surface area contributed by atoms with E-state index >= 15 is 0 Å². The van der Waals surface area contributed by atoms with Crippen molar-refractivity contribution in [2.45, 2.75) is 51.6 Å². The molecule has 1 fully saturated rings. The second kappa shape index (κ2) is 10.3. The van der Waals surface area contributed by atoms with Crippen molar-refractivity contribution in [3.63, 3.8) is 0 Å². The molecule has 0 spiro atoms. The number of hydrogen-bond acceptors (Lipinski definition) is 3. The van der Waals surface area contributed by atoms with E-state index in [0.29, 0.717) is 13.2 Å². The molecule has 0 N–H and O–H groups in total. The van der Waals surface area contributed by atoms with Gasteiger partial charge in [-0.15, -0.1) is 0 Å². The van der Waals surface area contributed by atoms with Gasteiger partial charge in [0.25, 0.3) is 0 Å². The molecular weight excluding hydrogens is 312 g/mol. The van der Waals surface area contributed by atoms with Crippen LogP contribution in [0.2, 0.25) is 0 Å². The van der Waals surface area contributed by atoms with Crippen LogP contribution in [0.1, 0.15) is 42.4 Å². The number of rotatable bonds is 9. The molecule has 1 heterocycles. The normalized spacial score (nSPS) is 17.5. The van der Waals surface area contributed by atoms with E-state index in [1.165, 1.54) is 23.1 Å². The van der Waals surface area contributed by atoms with Crippen LogP contribution >= 0.6 is 0 Å². The third-order valence-electron chi connectivity index (χ3n) is 4.46. The van der Waals surface area contributed by atoms with Crippen molar-refractivity contribution in [2.24, 2.45) is 0 Å². The van der Waals surface area contributed by atoms with Crippen LogP contribution in [0.3, 0.4) is 0 Å². The Morgan fingerprint density at radius 2 is 1.60 bits per heavy atom. The van der Waals surface area contributed by atoms with Crippen LogP contribution in [0.15, 0.2) is 54.6 Å². The molecule has 1 atom stereocenters. The molecule has 0 radical (unpaired) electrons. The van der Waals surface area contributed by atoms with E-state index in [2.05, 4.69) is 54.6 Å². The first-order chi connectivity index (χ1) is 12.4. The Bertz CT molecular complexity index is 588. The molecular formula is C22H28O3. The summed E-state index contributed by atoms with van der Waals surface area (Å²) in [6.45, 7) is 2.90. The van der Waals surface area contributed by atoms with Crippen LogP contribution in [0.4, 0.5) is 0 Å². The molecule has 0 aromatic heterocycles. The second-order valence-corrected chi connectivity index (χ2v) is 6.57. The first-order valence-electron chi connectivity index (χ1n) is 9.33. The summed E-state index contributed by atoms with van der Waals surface area (Å²) in [4.78, 5) is 0. The maximum atomic E-state index is 5.81. The monoisotopic (exact) mass is 340 g/mol. The standard InChI is InChI=1S/C22H28O3/c1-2-7-19(8-3-1)9-6-15-23-17-20-11-13-21(14-12-20)18-25-22-10-4-5-16-24-22/h1-3,7-8,11-14,22H,4-6,9-10,15-18H2. The van der Waals surface area contributed by atoms with Crippen molar-refractivity contribution in [3.8, 4) is 0 Å². The molecule has 0 amide bonds. The summed E-state index contributed by atoms with van der Waals surface area (Å²) in [5.74, 6) is 0. The van der Waals surface area contributed by atoms with Gasteiger partial charge in [-0.3, -0.25) is 0 Å². The van der Waals surface area contributed by atoms with Gasteiger partial charge in [-0.1, -0.05) is 54.6 Å². The zero-order valence-corrected chi connectivity index (χ0v) is 14.9. The highest BCUT2D eigenvalue weighted by Crippen LogP contribution is 2.16. The molecule has 0 bridgehead atoms. The number of hydrogen-bond donors (Lipinski definition) is 0. The third kappa shape index (κ3) is 6.62. The quantitative estimate of drug-likeness (QED) is 0.609. The Morgan fingerprint density at radius 3 is 2.32 bits per heavy atom. The van der Waals surface area contributed by atoms with Crippen molar-refractivity contribution in [1.29, 1.82) is 0 Å². The van der Waals surface area contributed by atoms with E-state index in [1.54, 1.807) is 0 Å². The highest BCUT2D eigenvalue weighted by molar-refractivity contribution is 5.21. The van der Waals surface area contributed by atoms with Gasteiger partial charge in [0.15, 0.2) is 6.29 Å². The summed E-state index contributed by atoms with van der Waals surface area (Å²) in [5.41, 5.74) is 3.76. The summed E-state index contributed by atoms with van der Waals surface area (Å²) in [5, 5.41) is 0. The van der Waals surface area contributed by atoms with Crippen LogP contribution in [0.25, 0.3) is 0 Å². The van der Waals surface area contributed by atoms with Gasteiger partial charge in [-0.25, -0.2) is 0 Å². The minimum absolute atomic E-state index is 0.0265. The van der Waals surface area contributed by atoms with E-state index in [9.17, 15) is 0 Å². The molecule has 1 unspecified atom stereocenters. The molecule has 3 rings (SSSR count). The molecule has 0 saturated carbocycles. The van der Waals surface area contributed by atoms with Gasteiger partial charge in [0.05, 0.1) is 13.2 Å². The maximum Gasteiger partial charge on any atom is 0.158 e. The minimum atomic E-state index is -0.0265. The molecule has 2 aromatic carbocycles. The fourth-order valence-corrected chi connectivity index (χ4v) is 2.98. The van der Waals surface area contributed by atoms with Gasteiger partial charge >= 0.3 is 0 Å². The summed E-state index contributed by atoms with van der Waals surface area (Å²) in [6.07, 6.45) is 5.46. The lowest BCUT2D eigenvalue weighted by Crippen LogP contribution is -2.21. The first-order valence-corrected chi connectivity index (χ1v) is 9.33. The summed E-state index contributed by atoms with van der Waals surface area (Å²) in [6, 6.07) is 19.0. The van der Waals surface area contributed by atoms with Gasteiger partial charge in [0, 0.05) is 13.2 Å². The lowest BCUT2D eigenvalue weighted by molar-refractivity contribution is -0.168. The molecule has 25 heavy (non-hydrogen) atoms. The Kier molecular flexibility index (Phi) is 7.50. The number of aryl methyl sites for hydroxylation is 1. The average molecular weight is 340 g/mol. The summed E-state index contributed by atoms with van der Waals surface area (Å²) in [7, 11) is 0. The van der Waals surface area contributed by atoms with Crippen molar-refractivity contribution < 1.29 is 14.2 Å². The molecule has 0 aliphatic carbocycles. The van der Waals surface area contributed by atoms with Crippen molar-refractivity contribution in [3.05, 3.63) is 71.3 Å². The van der Waals surface area contributed by atoms with E-state index in [4.69, 9.17) is 14.2 Å². The highest BCUT2D eigenvalue weighted by atomic mass is 16.7. The Balaban J connectivity index is 1.30. The van der Waals surface area contributed by atoms with E-state index in [1.807, 2.05) is 0 Å². The van der Waals surface area contributed by atoms with E-state index < -0.39 is 0 Å². The fourth-order valence-electron chi connectivity index (χ4n) is 2.98. The predicted molar refractivity (Wildman–Crippen MR) is 99.2 cm³/mol. The largest absolute Gasteiger partial charge is 0.377 e. The fraction of sp³-hybridized carbons (Fsp3) is 0.455. The smallest absolute Gasteiger partial charge is 0.158 e. The van der Waals surface area contributed by atoms with Crippen LogP contribution < -0.4 is 0 Å². The van der Waals surface area contributed by atoms with Gasteiger partial charge in [-0.2, -0.15) is 0 Å². The van der Waals surface area contributed by atoms with E-state index in [-0.39, 0.29) is 6.29 Å². The third-order valence-corrected chi connectivity index (χ3v) is 4.46. The minimum Gasteiger partial charge on any atom is -0.377 e. The van der Waals surface area contributed by atoms with Gasteiger partial charge in [0.1, 0.15) is 0 Å². The van der Waals surface area contributed by atoms with E-state index in [0.717, 1.165) is 38.9 Å². The Hall–Kier alpha value is -1.68.